The minimum atomic E-state index is -0.813. The summed E-state index contributed by atoms with van der Waals surface area (Å²) in [7, 11) is 1.59. The molecule has 2 saturated heterocycles. The van der Waals surface area contributed by atoms with Crippen LogP contribution in [0.3, 0.4) is 0 Å². The molecule has 0 radical (unpaired) electrons. The highest BCUT2D eigenvalue weighted by Crippen LogP contribution is 2.39. The molecule has 0 bridgehead atoms. The molecule has 4 heterocycles. The van der Waals surface area contributed by atoms with Crippen molar-refractivity contribution in [3.8, 4) is 22.6 Å². The molecular weight excluding hydrogens is 677 g/mol. The molecule has 1 atom stereocenters. The van der Waals surface area contributed by atoms with E-state index in [2.05, 4.69) is 10.2 Å². The summed E-state index contributed by atoms with van der Waals surface area (Å²) in [5.41, 5.74) is 6.14. The summed E-state index contributed by atoms with van der Waals surface area (Å²) >= 11 is 13.6. The first-order chi connectivity index (χ1) is 24.0. The van der Waals surface area contributed by atoms with Crippen LogP contribution < -0.4 is 10.9 Å². The van der Waals surface area contributed by atoms with E-state index in [9.17, 15) is 19.5 Å². The quantitative estimate of drug-likeness (QED) is 0.164. The highest BCUT2D eigenvalue weighted by molar-refractivity contribution is 6.36. The third-order valence-electron chi connectivity index (χ3n) is 9.72. The molecular formula is C38H37Cl2N5O5. The summed E-state index contributed by atoms with van der Waals surface area (Å²) in [6.45, 7) is 6.44. The van der Waals surface area contributed by atoms with Gasteiger partial charge < -0.3 is 19.4 Å². The third-order valence-corrected chi connectivity index (χ3v) is 10.4. The number of oxazole rings is 1. The van der Waals surface area contributed by atoms with Crippen molar-refractivity contribution in [1.29, 1.82) is 0 Å². The number of benzene rings is 3. The van der Waals surface area contributed by atoms with Gasteiger partial charge in [0.2, 0.25) is 5.89 Å². The van der Waals surface area contributed by atoms with Gasteiger partial charge in [-0.25, -0.2) is 4.98 Å². The molecule has 0 spiro atoms. The highest BCUT2D eigenvalue weighted by Gasteiger charge is 2.28. The standard InChI is InChI=1S/C38H37Cl2N5O5/c1-22-26(7-5-8-27(22)36-42-32-17-23(16-30(39)34(32)50-36)19-44-12-3-4-13-44)28-9-6-10-31(33(28)40)41-35(46)29-15-24(18-43(2)37(29)47)20-45-14-11-25(21-45)38(48)49/h5-10,15-18,25H,3-4,11-14,19-21H2,1-2H3,(H,41,46)(H,48,49). The van der Waals surface area contributed by atoms with Crippen LogP contribution in [0.25, 0.3) is 33.7 Å². The maximum atomic E-state index is 13.5. The van der Waals surface area contributed by atoms with E-state index >= 15 is 0 Å². The van der Waals surface area contributed by atoms with Gasteiger partial charge in [-0.15, -0.1) is 0 Å². The number of nitrogens with one attached hydrogen (secondary N) is 1. The van der Waals surface area contributed by atoms with Gasteiger partial charge in [0.1, 0.15) is 11.1 Å². The Kier molecular flexibility index (Phi) is 9.54. The number of amides is 1. The van der Waals surface area contributed by atoms with E-state index in [1.165, 1.54) is 17.4 Å². The van der Waals surface area contributed by atoms with Gasteiger partial charge in [-0.2, -0.15) is 0 Å². The van der Waals surface area contributed by atoms with Crippen molar-refractivity contribution < 1.29 is 19.1 Å². The Bertz CT molecular complexity index is 2190. The first-order valence-electron chi connectivity index (χ1n) is 16.7. The van der Waals surface area contributed by atoms with Gasteiger partial charge in [0.15, 0.2) is 5.58 Å². The Labute approximate surface area is 299 Å². The largest absolute Gasteiger partial charge is 0.481 e. The Morgan fingerprint density at radius 2 is 1.68 bits per heavy atom. The SMILES string of the molecule is Cc1c(-c2nc3cc(CN4CCCC4)cc(Cl)c3o2)cccc1-c1cccc(NC(=O)c2cc(CN3CCC(C(=O)O)C3)cn(C)c2=O)c1Cl. The number of hydrogen-bond donors (Lipinski definition) is 2. The maximum absolute atomic E-state index is 13.5. The van der Waals surface area contributed by atoms with E-state index in [1.54, 1.807) is 31.4 Å². The summed E-state index contributed by atoms with van der Waals surface area (Å²) in [5, 5.41) is 13.1. The Morgan fingerprint density at radius 1 is 0.960 bits per heavy atom. The number of hydrogen-bond acceptors (Lipinski definition) is 7. The number of anilines is 1. The maximum Gasteiger partial charge on any atom is 0.307 e. The van der Waals surface area contributed by atoms with Gasteiger partial charge >= 0.3 is 5.97 Å². The van der Waals surface area contributed by atoms with Gasteiger partial charge in [-0.05, 0) is 98.4 Å². The predicted molar refractivity (Wildman–Crippen MR) is 195 cm³/mol. The molecule has 10 nitrogen and oxygen atoms in total. The Morgan fingerprint density at radius 3 is 2.44 bits per heavy atom. The third kappa shape index (κ3) is 6.81. The van der Waals surface area contributed by atoms with Crippen LogP contribution in [0.2, 0.25) is 10.0 Å². The number of likely N-dealkylation sites (tertiary alicyclic amines) is 2. The van der Waals surface area contributed by atoms with E-state index < -0.39 is 23.4 Å². The zero-order valence-electron chi connectivity index (χ0n) is 27.8. The number of aliphatic carboxylic acids is 1. The van der Waals surface area contributed by atoms with E-state index in [0.717, 1.165) is 47.5 Å². The van der Waals surface area contributed by atoms with Crippen molar-refractivity contribution in [3.63, 3.8) is 0 Å². The van der Waals surface area contributed by atoms with Gasteiger partial charge in [0.05, 0.1) is 21.7 Å². The molecule has 2 aromatic heterocycles. The second-order valence-corrected chi connectivity index (χ2v) is 14.0. The van der Waals surface area contributed by atoms with E-state index in [1.807, 2.05) is 48.2 Å². The van der Waals surface area contributed by atoms with Crippen LogP contribution in [-0.4, -0.2) is 62.5 Å². The minimum Gasteiger partial charge on any atom is -0.481 e. The van der Waals surface area contributed by atoms with Crippen molar-refractivity contribution in [3.05, 3.63) is 103 Å². The normalized spacial score (nSPS) is 16.8. The topological polar surface area (TPSA) is 121 Å². The number of nitrogens with zero attached hydrogens (tertiary/aromatic N) is 4. The van der Waals surface area contributed by atoms with E-state index in [4.69, 9.17) is 32.6 Å². The van der Waals surface area contributed by atoms with Crippen LogP contribution in [0.5, 0.6) is 0 Å². The lowest BCUT2D eigenvalue weighted by atomic mass is 9.96. The molecule has 0 saturated carbocycles. The van der Waals surface area contributed by atoms with Crippen molar-refractivity contribution >= 4 is 51.9 Å². The van der Waals surface area contributed by atoms with Crippen LogP contribution in [0.15, 0.2) is 70.0 Å². The average Bonchev–Trinajstić information content (AvgIpc) is 3.86. The van der Waals surface area contributed by atoms with Crippen LogP contribution >= 0.6 is 23.2 Å². The molecule has 0 aliphatic carbocycles. The molecule has 258 valence electrons. The number of pyridine rings is 1. The number of carbonyl (C=O) groups excluding carboxylic acids is 1. The lowest BCUT2D eigenvalue weighted by molar-refractivity contribution is -0.141. The Balaban J connectivity index is 1.14. The van der Waals surface area contributed by atoms with Crippen LogP contribution in [0.4, 0.5) is 5.69 Å². The molecule has 5 aromatic rings. The number of halogens is 2. The van der Waals surface area contributed by atoms with Crippen molar-refractivity contribution in [2.24, 2.45) is 13.0 Å². The molecule has 2 aliphatic rings. The zero-order valence-corrected chi connectivity index (χ0v) is 29.4. The number of fused-ring (bicyclic) bond motifs is 1. The second kappa shape index (κ2) is 14.0. The number of carbonyl (C=O) groups is 2. The number of aryl methyl sites for hydroxylation is 1. The minimum absolute atomic E-state index is 0.0307. The average molecular weight is 715 g/mol. The van der Waals surface area contributed by atoms with E-state index in [-0.39, 0.29) is 5.56 Å². The predicted octanol–water partition coefficient (Wildman–Crippen LogP) is 7.23. The fraction of sp³-hybridized carbons (Fsp3) is 0.316. The fourth-order valence-electron chi connectivity index (χ4n) is 7.10. The molecule has 12 heteroatoms. The van der Waals surface area contributed by atoms with Crippen LogP contribution in [0.1, 0.15) is 46.3 Å². The van der Waals surface area contributed by atoms with Gasteiger partial charge in [-0.3, -0.25) is 24.2 Å². The summed E-state index contributed by atoms with van der Waals surface area (Å²) in [4.78, 5) is 47.3. The van der Waals surface area contributed by atoms with Crippen molar-refractivity contribution in [2.45, 2.75) is 39.3 Å². The van der Waals surface area contributed by atoms with Gasteiger partial charge in [0, 0.05) is 44.0 Å². The molecule has 3 aromatic carbocycles. The first kappa shape index (κ1) is 34.0. The molecule has 2 fully saturated rings. The number of aromatic nitrogens is 2. The zero-order chi connectivity index (χ0) is 35.1. The molecule has 1 unspecified atom stereocenters. The fourth-order valence-corrected chi connectivity index (χ4v) is 7.65. The summed E-state index contributed by atoms with van der Waals surface area (Å²) < 4.78 is 7.59. The van der Waals surface area contributed by atoms with Gasteiger partial charge in [-0.1, -0.05) is 47.5 Å². The summed E-state index contributed by atoms with van der Waals surface area (Å²) in [5.74, 6) is -1.38. The smallest absolute Gasteiger partial charge is 0.307 e. The molecule has 2 aliphatic heterocycles. The highest BCUT2D eigenvalue weighted by atomic mass is 35.5. The number of rotatable bonds is 9. The summed E-state index contributed by atoms with van der Waals surface area (Å²) in [6, 6.07) is 16.7. The molecule has 1 amide bonds. The monoisotopic (exact) mass is 713 g/mol. The molecule has 50 heavy (non-hydrogen) atoms. The summed E-state index contributed by atoms with van der Waals surface area (Å²) in [6.07, 6.45) is 4.67. The molecule has 2 N–H and O–H groups in total. The lowest BCUT2D eigenvalue weighted by Gasteiger charge is -2.17. The van der Waals surface area contributed by atoms with Crippen LogP contribution in [-0.2, 0) is 24.9 Å². The van der Waals surface area contributed by atoms with E-state index in [0.29, 0.717) is 64.3 Å². The number of carboxylic acids is 1. The van der Waals surface area contributed by atoms with Gasteiger partial charge in [0.25, 0.3) is 11.5 Å². The number of carboxylic acid groups (broad SMARTS) is 1. The Hall–Kier alpha value is -4.48. The van der Waals surface area contributed by atoms with Crippen molar-refractivity contribution in [1.82, 2.24) is 19.4 Å². The second-order valence-electron chi connectivity index (χ2n) is 13.3. The molecule has 7 rings (SSSR count). The lowest BCUT2D eigenvalue weighted by Crippen LogP contribution is -2.29. The van der Waals surface area contributed by atoms with Crippen molar-refractivity contribution in [2.75, 3.05) is 31.5 Å². The van der Waals surface area contributed by atoms with Crippen LogP contribution in [0, 0.1) is 12.8 Å². The first-order valence-corrected chi connectivity index (χ1v) is 17.5.